The number of likely N-dealkylation sites (tertiary alicyclic amines) is 1. The molecule has 0 aliphatic carbocycles. The summed E-state index contributed by atoms with van der Waals surface area (Å²) in [6.45, 7) is 8.52. The van der Waals surface area contributed by atoms with Crippen molar-refractivity contribution in [3.63, 3.8) is 0 Å². The first-order chi connectivity index (χ1) is 5.81. The van der Waals surface area contributed by atoms with Gasteiger partial charge < -0.3 is 5.32 Å². The molecule has 2 fully saturated rings. The Balaban J connectivity index is 1.90. The Morgan fingerprint density at radius 2 is 2.33 bits per heavy atom. The lowest BCUT2D eigenvalue weighted by Gasteiger charge is -2.23. The third-order valence-corrected chi connectivity index (χ3v) is 3.61. The van der Waals surface area contributed by atoms with Crippen molar-refractivity contribution in [2.45, 2.75) is 38.8 Å². The standard InChI is InChI=1S/C10H20N2/c1-3-8(2)12-6-9-4-5-11-10(9)7-12/h8-11H,3-7H2,1-2H3. The van der Waals surface area contributed by atoms with Gasteiger partial charge in [-0.25, -0.2) is 0 Å². The molecule has 3 atom stereocenters. The Labute approximate surface area is 75.3 Å². The van der Waals surface area contributed by atoms with Crippen LogP contribution < -0.4 is 5.32 Å². The summed E-state index contributed by atoms with van der Waals surface area (Å²) < 4.78 is 0. The van der Waals surface area contributed by atoms with E-state index in [0.717, 1.165) is 18.0 Å². The normalized spacial score (nSPS) is 38.5. The zero-order valence-corrected chi connectivity index (χ0v) is 8.21. The molecule has 0 aromatic carbocycles. The first-order valence-corrected chi connectivity index (χ1v) is 5.28. The summed E-state index contributed by atoms with van der Waals surface area (Å²) in [6.07, 6.45) is 2.69. The molecule has 0 spiro atoms. The molecule has 2 aliphatic heterocycles. The molecule has 0 aromatic rings. The molecule has 70 valence electrons. The van der Waals surface area contributed by atoms with Gasteiger partial charge in [-0.1, -0.05) is 6.92 Å². The smallest absolute Gasteiger partial charge is 0.0236 e. The van der Waals surface area contributed by atoms with E-state index in [4.69, 9.17) is 0 Å². The second kappa shape index (κ2) is 3.35. The maximum Gasteiger partial charge on any atom is 0.0236 e. The van der Waals surface area contributed by atoms with Gasteiger partial charge in [0.25, 0.3) is 0 Å². The largest absolute Gasteiger partial charge is 0.312 e. The molecular formula is C10H20N2. The number of hydrogen-bond donors (Lipinski definition) is 1. The van der Waals surface area contributed by atoms with E-state index in [2.05, 4.69) is 24.1 Å². The van der Waals surface area contributed by atoms with E-state index >= 15 is 0 Å². The maximum absolute atomic E-state index is 3.59. The summed E-state index contributed by atoms with van der Waals surface area (Å²) in [7, 11) is 0. The van der Waals surface area contributed by atoms with Crippen molar-refractivity contribution in [3.8, 4) is 0 Å². The molecule has 0 bridgehead atoms. The molecule has 0 radical (unpaired) electrons. The van der Waals surface area contributed by atoms with Crippen molar-refractivity contribution in [2.24, 2.45) is 5.92 Å². The van der Waals surface area contributed by atoms with Crippen LogP contribution in [-0.4, -0.2) is 36.6 Å². The van der Waals surface area contributed by atoms with Gasteiger partial charge in [-0.2, -0.15) is 0 Å². The highest BCUT2D eigenvalue weighted by Crippen LogP contribution is 2.26. The van der Waals surface area contributed by atoms with Crippen LogP contribution in [0, 0.1) is 5.92 Å². The SMILES string of the molecule is CCC(C)N1CC2CCNC2C1. The fourth-order valence-corrected chi connectivity index (χ4v) is 2.50. The van der Waals surface area contributed by atoms with Crippen LogP contribution in [0.25, 0.3) is 0 Å². The summed E-state index contributed by atoms with van der Waals surface area (Å²) in [5.41, 5.74) is 0. The fourth-order valence-electron chi connectivity index (χ4n) is 2.50. The predicted octanol–water partition coefficient (Wildman–Crippen LogP) is 1.08. The van der Waals surface area contributed by atoms with E-state index in [1.54, 1.807) is 0 Å². The molecule has 0 aromatic heterocycles. The maximum atomic E-state index is 3.59. The van der Waals surface area contributed by atoms with Gasteiger partial charge in [0.1, 0.15) is 0 Å². The second-order valence-electron chi connectivity index (χ2n) is 4.32. The third kappa shape index (κ3) is 1.38. The topological polar surface area (TPSA) is 15.3 Å². The van der Waals surface area contributed by atoms with Crippen LogP contribution >= 0.6 is 0 Å². The highest BCUT2D eigenvalue weighted by molar-refractivity contribution is 4.94. The van der Waals surface area contributed by atoms with Gasteiger partial charge in [-0.05, 0) is 32.2 Å². The number of nitrogens with zero attached hydrogens (tertiary/aromatic N) is 1. The lowest BCUT2D eigenvalue weighted by molar-refractivity contribution is 0.236. The van der Waals surface area contributed by atoms with Crippen LogP contribution in [0.2, 0.25) is 0 Å². The monoisotopic (exact) mass is 168 g/mol. The average molecular weight is 168 g/mol. The molecule has 2 rings (SSSR count). The number of rotatable bonds is 2. The van der Waals surface area contributed by atoms with Crippen LogP contribution in [0.15, 0.2) is 0 Å². The predicted molar refractivity (Wildman–Crippen MR) is 51.2 cm³/mol. The van der Waals surface area contributed by atoms with Gasteiger partial charge in [0.2, 0.25) is 0 Å². The van der Waals surface area contributed by atoms with E-state index in [-0.39, 0.29) is 0 Å². The van der Waals surface area contributed by atoms with E-state index in [1.165, 1.54) is 32.5 Å². The summed E-state index contributed by atoms with van der Waals surface area (Å²) in [5.74, 6) is 0.957. The van der Waals surface area contributed by atoms with Gasteiger partial charge in [-0.3, -0.25) is 4.90 Å². The Hall–Kier alpha value is -0.0800. The summed E-state index contributed by atoms with van der Waals surface area (Å²) in [6, 6.07) is 1.61. The van der Waals surface area contributed by atoms with Crippen molar-refractivity contribution >= 4 is 0 Å². The van der Waals surface area contributed by atoms with Crippen molar-refractivity contribution in [1.82, 2.24) is 10.2 Å². The van der Waals surface area contributed by atoms with Crippen LogP contribution in [-0.2, 0) is 0 Å². The molecule has 3 unspecified atom stereocenters. The minimum atomic E-state index is 0.789. The van der Waals surface area contributed by atoms with E-state index < -0.39 is 0 Å². The van der Waals surface area contributed by atoms with E-state index in [9.17, 15) is 0 Å². The lowest BCUT2D eigenvalue weighted by Crippen LogP contribution is -2.34. The fraction of sp³-hybridized carbons (Fsp3) is 1.00. The molecule has 2 aliphatic rings. The third-order valence-electron chi connectivity index (χ3n) is 3.61. The number of hydrogen-bond acceptors (Lipinski definition) is 2. The van der Waals surface area contributed by atoms with Gasteiger partial charge in [0, 0.05) is 25.2 Å². The van der Waals surface area contributed by atoms with Crippen LogP contribution in [0.3, 0.4) is 0 Å². The Bertz CT molecular complexity index is 146. The molecule has 2 heteroatoms. The van der Waals surface area contributed by atoms with E-state index in [1.807, 2.05) is 0 Å². The zero-order chi connectivity index (χ0) is 8.55. The molecule has 12 heavy (non-hydrogen) atoms. The number of nitrogens with one attached hydrogen (secondary N) is 1. The van der Waals surface area contributed by atoms with Crippen LogP contribution in [0.5, 0.6) is 0 Å². The van der Waals surface area contributed by atoms with Crippen LogP contribution in [0.1, 0.15) is 26.7 Å². The lowest BCUT2D eigenvalue weighted by atomic mass is 10.1. The van der Waals surface area contributed by atoms with Gasteiger partial charge >= 0.3 is 0 Å². The first kappa shape index (κ1) is 8.52. The highest BCUT2D eigenvalue weighted by Gasteiger charge is 2.36. The average Bonchev–Trinajstić information content (AvgIpc) is 2.60. The molecule has 2 saturated heterocycles. The van der Waals surface area contributed by atoms with Crippen molar-refractivity contribution < 1.29 is 0 Å². The zero-order valence-electron chi connectivity index (χ0n) is 8.21. The Morgan fingerprint density at radius 3 is 3.00 bits per heavy atom. The van der Waals surface area contributed by atoms with Gasteiger partial charge in [0.15, 0.2) is 0 Å². The summed E-state index contributed by atoms with van der Waals surface area (Å²) >= 11 is 0. The van der Waals surface area contributed by atoms with E-state index in [0.29, 0.717) is 0 Å². The van der Waals surface area contributed by atoms with Gasteiger partial charge in [0.05, 0.1) is 0 Å². The van der Waals surface area contributed by atoms with Crippen molar-refractivity contribution in [2.75, 3.05) is 19.6 Å². The number of fused-ring (bicyclic) bond motifs is 1. The molecular weight excluding hydrogens is 148 g/mol. The molecule has 1 N–H and O–H groups in total. The minimum absolute atomic E-state index is 0.789. The van der Waals surface area contributed by atoms with Crippen molar-refractivity contribution in [3.05, 3.63) is 0 Å². The summed E-state index contributed by atoms with van der Waals surface area (Å²) in [5, 5.41) is 3.59. The van der Waals surface area contributed by atoms with Crippen LogP contribution in [0.4, 0.5) is 0 Å². The van der Waals surface area contributed by atoms with Gasteiger partial charge in [-0.15, -0.1) is 0 Å². The summed E-state index contributed by atoms with van der Waals surface area (Å²) in [4.78, 5) is 2.64. The molecule has 2 nitrogen and oxygen atoms in total. The Morgan fingerprint density at radius 1 is 1.50 bits per heavy atom. The second-order valence-corrected chi connectivity index (χ2v) is 4.32. The first-order valence-electron chi connectivity index (χ1n) is 5.28. The Kier molecular flexibility index (Phi) is 2.37. The molecule has 2 heterocycles. The van der Waals surface area contributed by atoms with Crippen molar-refractivity contribution in [1.29, 1.82) is 0 Å². The minimum Gasteiger partial charge on any atom is -0.312 e. The quantitative estimate of drug-likeness (QED) is 0.663. The molecule has 0 saturated carbocycles. The highest BCUT2D eigenvalue weighted by atomic mass is 15.2. The molecule has 0 amide bonds.